The average Bonchev–Trinajstić information content (AvgIpc) is 1.79. The summed E-state index contributed by atoms with van der Waals surface area (Å²) in [6.45, 7) is 0. The minimum Gasteiger partial charge on any atom is -0.529 e. The van der Waals surface area contributed by atoms with Gasteiger partial charge in [-0.1, -0.05) is 0 Å². The molecule has 0 rings (SSSR count). The molecule has 0 spiro atoms. The van der Waals surface area contributed by atoms with E-state index in [1.807, 2.05) is 10.9 Å². The summed E-state index contributed by atoms with van der Waals surface area (Å²) >= 11 is 0. The Hall–Kier alpha value is -0.917. The van der Waals surface area contributed by atoms with Crippen LogP contribution in [0.25, 0.3) is 0 Å². The molecule has 0 atom stereocenters. The first kappa shape index (κ1) is 19.6. The number of hydrogen-bond donors (Lipinski definition) is 2. The summed E-state index contributed by atoms with van der Waals surface area (Å²) in [7, 11) is 6.26. The fourth-order valence-electron chi connectivity index (χ4n) is 0.365. The Kier molecular flexibility index (Phi) is 14.6. The molecule has 0 bridgehead atoms. The molecule has 0 saturated carbocycles. The SMILES string of the molecule is CN(C)NC(=O)[O-].CN(C)NC(=O)[O-].[Zn+2]. The van der Waals surface area contributed by atoms with Crippen LogP contribution in [0.5, 0.6) is 0 Å². The summed E-state index contributed by atoms with van der Waals surface area (Å²) in [4.78, 5) is 19.1. The Balaban J connectivity index is -0.000000180. The second-order valence-electron chi connectivity index (χ2n) is 2.59. The molecule has 0 aromatic heterocycles. The van der Waals surface area contributed by atoms with E-state index in [2.05, 4.69) is 0 Å². The van der Waals surface area contributed by atoms with Crippen LogP contribution in [0, 0.1) is 0 Å². The van der Waals surface area contributed by atoms with Crippen LogP contribution in [0.15, 0.2) is 0 Å². The van der Waals surface area contributed by atoms with Gasteiger partial charge in [0, 0.05) is 28.2 Å². The van der Waals surface area contributed by atoms with Gasteiger partial charge in [-0.2, -0.15) is 0 Å². The van der Waals surface area contributed by atoms with Gasteiger partial charge in [-0.05, 0) is 0 Å². The minimum atomic E-state index is -1.29. The first-order chi connectivity index (χ1) is 6.25. The van der Waals surface area contributed by atoms with E-state index in [4.69, 9.17) is 0 Å². The summed E-state index contributed by atoms with van der Waals surface area (Å²) in [5, 5.41) is 21.7. The molecular weight excluding hydrogens is 257 g/mol. The summed E-state index contributed by atoms with van der Waals surface area (Å²) in [6.07, 6.45) is -2.57. The maximum atomic E-state index is 9.55. The van der Waals surface area contributed by atoms with E-state index in [0.717, 1.165) is 0 Å². The number of carbonyl (C=O) groups is 2. The van der Waals surface area contributed by atoms with Crippen molar-refractivity contribution in [1.29, 1.82) is 0 Å². The quantitative estimate of drug-likeness (QED) is 0.404. The number of nitrogens with one attached hydrogen (secondary N) is 2. The van der Waals surface area contributed by atoms with Gasteiger partial charge in [-0.25, -0.2) is 10.0 Å². The zero-order valence-electron chi connectivity index (χ0n) is 9.23. The number of rotatable bonds is 2. The summed E-state index contributed by atoms with van der Waals surface area (Å²) in [5.41, 5.74) is 3.89. The largest absolute Gasteiger partial charge is 2.00 e. The number of nitrogens with zero attached hydrogens (tertiary/aromatic N) is 2. The molecule has 0 aromatic carbocycles. The molecule has 2 N–H and O–H groups in total. The third kappa shape index (κ3) is 32.0. The minimum absolute atomic E-state index is 0. The molecule has 84 valence electrons. The van der Waals surface area contributed by atoms with Crippen molar-refractivity contribution in [1.82, 2.24) is 20.9 Å². The van der Waals surface area contributed by atoms with Crippen LogP contribution in [0.2, 0.25) is 0 Å². The van der Waals surface area contributed by atoms with Gasteiger partial charge in [0.1, 0.15) is 12.2 Å². The van der Waals surface area contributed by atoms with Crippen molar-refractivity contribution in [3.05, 3.63) is 0 Å². The van der Waals surface area contributed by atoms with E-state index in [9.17, 15) is 19.8 Å². The van der Waals surface area contributed by atoms with Crippen LogP contribution >= 0.6 is 0 Å². The molecule has 9 heteroatoms. The number of hydrazine groups is 2. The average molecular weight is 272 g/mol. The van der Waals surface area contributed by atoms with Gasteiger partial charge in [0.25, 0.3) is 0 Å². The van der Waals surface area contributed by atoms with Crippen molar-refractivity contribution in [3.8, 4) is 0 Å². The topological polar surface area (TPSA) is 111 Å². The van der Waals surface area contributed by atoms with Gasteiger partial charge < -0.3 is 30.7 Å². The zero-order valence-corrected chi connectivity index (χ0v) is 12.2. The smallest absolute Gasteiger partial charge is 0.529 e. The number of carbonyl (C=O) groups excluding carboxylic acids is 2. The van der Waals surface area contributed by atoms with Gasteiger partial charge >= 0.3 is 19.5 Å². The predicted octanol–water partition coefficient (Wildman–Crippen LogP) is -3.21. The molecule has 0 aromatic rings. The molecule has 0 unspecified atom stereocenters. The third-order valence-corrected chi connectivity index (χ3v) is 0.630. The van der Waals surface area contributed by atoms with Crippen LogP contribution in [0.4, 0.5) is 9.59 Å². The van der Waals surface area contributed by atoms with Crippen molar-refractivity contribution in [2.24, 2.45) is 0 Å². The van der Waals surface area contributed by atoms with Crippen molar-refractivity contribution >= 4 is 12.2 Å². The van der Waals surface area contributed by atoms with Crippen molar-refractivity contribution in [2.45, 2.75) is 0 Å². The van der Waals surface area contributed by atoms with Crippen molar-refractivity contribution < 1.29 is 39.3 Å². The summed E-state index contributed by atoms with van der Waals surface area (Å²) < 4.78 is 0. The van der Waals surface area contributed by atoms with Gasteiger partial charge in [0.05, 0.1) is 0 Å². The first-order valence-corrected chi connectivity index (χ1v) is 3.55. The van der Waals surface area contributed by atoms with E-state index in [0.29, 0.717) is 0 Å². The molecule has 0 saturated heterocycles. The molecule has 2 amide bonds. The van der Waals surface area contributed by atoms with Crippen molar-refractivity contribution in [2.75, 3.05) is 28.2 Å². The zero-order chi connectivity index (χ0) is 11.7. The molecule has 0 aliphatic carbocycles. The number of amides is 2. The molecule has 0 radical (unpaired) electrons. The van der Waals surface area contributed by atoms with E-state index in [1.165, 1.54) is 10.0 Å². The normalized spacial score (nSPS) is 8.40. The maximum absolute atomic E-state index is 9.55. The molecule has 0 heterocycles. The van der Waals surface area contributed by atoms with Gasteiger partial charge in [-0.15, -0.1) is 0 Å². The first-order valence-electron chi connectivity index (χ1n) is 3.55. The molecular formula is C6H14N4O4Zn. The van der Waals surface area contributed by atoms with Crippen molar-refractivity contribution in [3.63, 3.8) is 0 Å². The van der Waals surface area contributed by atoms with E-state index in [1.54, 1.807) is 28.2 Å². The molecule has 15 heavy (non-hydrogen) atoms. The molecule has 8 nitrogen and oxygen atoms in total. The van der Waals surface area contributed by atoms with Gasteiger partial charge in [-0.3, -0.25) is 0 Å². The Morgan fingerprint density at radius 2 is 1.07 bits per heavy atom. The van der Waals surface area contributed by atoms with Gasteiger partial charge in [0.2, 0.25) is 0 Å². The fourth-order valence-corrected chi connectivity index (χ4v) is 0.365. The monoisotopic (exact) mass is 270 g/mol. The van der Waals surface area contributed by atoms with Crippen LogP contribution in [0.3, 0.4) is 0 Å². The molecule has 0 aliphatic rings. The Morgan fingerprint density at radius 1 is 0.867 bits per heavy atom. The second-order valence-corrected chi connectivity index (χ2v) is 2.59. The second kappa shape index (κ2) is 11.2. The Morgan fingerprint density at radius 3 is 1.07 bits per heavy atom. The van der Waals surface area contributed by atoms with E-state index < -0.39 is 12.2 Å². The third-order valence-electron chi connectivity index (χ3n) is 0.630. The summed E-state index contributed by atoms with van der Waals surface area (Å²) in [6, 6.07) is 0. The Labute approximate surface area is 101 Å². The van der Waals surface area contributed by atoms with Crippen LogP contribution in [-0.2, 0) is 19.5 Å². The van der Waals surface area contributed by atoms with Gasteiger partial charge in [0.15, 0.2) is 0 Å². The van der Waals surface area contributed by atoms with E-state index in [-0.39, 0.29) is 19.5 Å². The fraction of sp³-hybridized carbons (Fsp3) is 0.667. The van der Waals surface area contributed by atoms with Crippen LogP contribution in [-0.4, -0.2) is 50.4 Å². The number of hydrogen-bond acceptors (Lipinski definition) is 6. The number of carboxylic acid groups (broad SMARTS) is 2. The molecule has 0 aliphatic heterocycles. The standard InChI is InChI=1S/2C3H8N2O2.Zn/c2*1-5(2)4-3(6)7;/h2*4H,1-2H3,(H,6,7);/q;;+2/p-2. The van der Waals surface area contributed by atoms with Crippen LogP contribution in [0.1, 0.15) is 0 Å². The maximum Gasteiger partial charge on any atom is 2.00 e. The van der Waals surface area contributed by atoms with E-state index >= 15 is 0 Å². The summed E-state index contributed by atoms with van der Waals surface area (Å²) in [5.74, 6) is 0. The Bertz CT molecular complexity index is 168. The molecule has 0 fully saturated rings. The predicted molar refractivity (Wildman–Crippen MR) is 44.4 cm³/mol. The van der Waals surface area contributed by atoms with Crippen LogP contribution < -0.4 is 21.1 Å².